The first kappa shape index (κ1) is 22.6. The maximum absolute atomic E-state index is 11.7. The smallest absolute Gasteiger partial charge is 0.224 e. The first-order valence-corrected chi connectivity index (χ1v) is 10.7. The van der Waals surface area contributed by atoms with Gasteiger partial charge in [0.2, 0.25) is 5.91 Å². The van der Waals surface area contributed by atoms with E-state index in [0.29, 0.717) is 31.1 Å². The van der Waals surface area contributed by atoms with Gasteiger partial charge < -0.3 is 20.8 Å². The number of amides is 1. The molecule has 30 heavy (non-hydrogen) atoms. The Morgan fingerprint density at radius 3 is 2.33 bits per heavy atom. The lowest BCUT2D eigenvalue weighted by molar-refractivity contribution is -0.116. The first-order chi connectivity index (χ1) is 14.0. The molecule has 1 amide bonds. The van der Waals surface area contributed by atoms with Crippen LogP contribution in [0.15, 0.2) is 24.3 Å². The topological polar surface area (TPSA) is 81.6 Å². The highest BCUT2D eigenvalue weighted by molar-refractivity contribution is 5.96. The highest BCUT2D eigenvalue weighted by Crippen LogP contribution is 2.36. The molecule has 1 atom stereocenters. The molecule has 0 saturated heterocycles. The molecular formula is C24H31ClN2O3. The molecule has 162 valence electrons. The van der Waals surface area contributed by atoms with Gasteiger partial charge in [-0.3, -0.25) is 4.79 Å². The van der Waals surface area contributed by atoms with Crippen LogP contribution in [-0.2, 0) is 36.9 Å². The molecule has 0 unspecified atom stereocenters. The van der Waals surface area contributed by atoms with Crippen molar-refractivity contribution in [1.82, 2.24) is 5.32 Å². The van der Waals surface area contributed by atoms with Gasteiger partial charge in [0.1, 0.15) is 5.75 Å². The van der Waals surface area contributed by atoms with Crippen LogP contribution in [0.25, 0.3) is 0 Å². The molecular weight excluding hydrogens is 400 g/mol. The van der Waals surface area contributed by atoms with Crippen LogP contribution in [0.5, 0.6) is 5.75 Å². The lowest BCUT2D eigenvalue weighted by Gasteiger charge is -2.24. The number of hydrogen-bond acceptors (Lipinski definition) is 4. The predicted octanol–water partition coefficient (Wildman–Crippen LogP) is 3.61. The molecule has 2 aromatic rings. The lowest BCUT2D eigenvalue weighted by Crippen LogP contribution is -2.33. The Kier molecular flexibility index (Phi) is 7.06. The fourth-order valence-electron chi connectivity index (χ4n) is 4.78. The third kappa shape index (κ3) is 4.34. The lowest BCUT2D eigenvalue weighted by atomic mass is 9.93. The van der Waals surface area contributed by atoms with Gasteiger partial charge in [0.25, 0.3) is 0 Å². The van der Waals surface area contributed by atoms with Gasteiger partial charge in [0.15, 0.2) is 0 Å². The number of phenols is 1. The molecule has 1 heterocycles. The average molecular weight is 431 g/mol. The summed E-state index contributed by atoms with van der Waals surface area (Å²) in [7, 11) is 0. The van der Waals surface area contributed by atoms with E-state index in [1.165, 1.54) is 22.3 Å². The summed E-state index contributed by atoms with van der Waals surface area (Å²) >= 11 is 0. The fourth-order valence-corrected chi connectivity index (χ4v) is 4.78. The molecule has 0 radical (unpaired) electrons. The second kappa shape index (κ2) is 9.38. The Labute approximate surface area is 184 Å². The van der Waals surface area contributed by atoms with E-state index in [2.05, 4.69) is 36.6 Å². The number of rotatable bonds is 6. The normalized spacial score (nSPS) is 16.4. The van der Waals surface area contributed by atoms with E-state index in [0.717, 1.165) is 36.8 Å². The number of fused-ring (bicyclic) bond motifs is 2. The number of aliphatic hydroxyl groups is 1. The minimum absolute atomic E-state index is 0. The van der Waals surface area contributed by atoms with Gasteiger partial charge in [-0.2, -0.15) is 0 Å². The Bertz CT molecular complexity index is 912. The molecule has 1 aliphatic heterocycles. The monoisotopic (exact) mass is 430 g/mol. The summed E-state index contributed by atoms with van der Waals surface area (Å²) < 4.78 is 0. The second-order valence-electron chi connectivity index (χ2n) is 8.20. The van der Waals surface area contributed by atoms with Crippen LogP contribution in [-0.4, -0.2) is 28.7 Å². The van der Waals surface area contributed by atoms with Crippen molar-refractivity contribution in [3.63, 3.8) is 0 Å². The van der Waals surface area contributed by atoms with Crippen LogP contribution >= 0.6 is 12.4 Å². The van der Waals surface area contributed by atoms with Crippen LogP contribution in [0.1, 0.15) is 59.8 Å². The minimum Gasteiger partial charge on any atom is -0.506 e. The van der Waals surface area contributed by atoms with E-state index in [1.807, 2.05) is 0 Å². The van der Waals surface area contributed by atoms with E-state index in [4.69, 9.17) is 0 Å². The highest BCUT2D eigenvalue weighted by Gasteiger charge is 2.26. The summed E-state index contributed by atoms with van der Waals surface area (Å²) in [5.74, 6) is -0.0409. The van der Waals surface area contributed by atoms with Crippen LogP contribution < -0.4 is 10.6 Å². The van der Waals surface area contributed by atoms with Crippen molar-refractivity contribution < 1.29 is 15.0 Å². The predicted molar refractivity (Wildman–Crippen MR) is 122 cm³/mol. The van der Waals surface area contributed by atoms with Gasteiger partial charge in [0, 0.05) is 19.0 Å². The van der Waals surface area contributed by atoms with Gasteiger partial charge in [-0.1, -0.05) is 32.0 Å². The quantitative estimate of drug-likeness (QED) is 0.527. The van der Waals surface area contributed by atoms with Gasteiger partial charge in [0.05, 0.1) is 11.8 Å². The molecule has 0 fully saturated rings. The fraction of sp³-hybridized carbons (Fsp3) is 0.458. The zero-order valence-corrected chi connectivity index (χ0v) is 18.4. The van der Waals surface area contributed by atoms with Crippen molar-refractivity contribution in [2.24, 2.45) is 0 Å². The van der Waals surface area contributed by atoms with Crippen molar-refractivity contribution in [3.05, 3.63) is 57.6 Å². The molecule has 5 nitrogen and oxygen atoms in total. The summed E-state index contributed by atoms with van der Waals surface area (Å²) in [6, 6.07) is 8.37. The molecule has 0 aromatic heterocycles. The maximum atomic E-state index is 11.7. The zero-order chi connectivity index (χ0) is 20.5. The number of aromatic hydroxyl groups is 1. The first-order valence-electron chi connectivity index (χ1n) is 10.7. The van der Waals surface area contributed by atoms with Gasteiger partial charge in [-0.25, -0.2) is 0 Å². The molecule has 0 spiro atoms. The molecule has 2 aliphatic rings. The Morgan fingerprint density at radius 1 is 1.10 bits per heavy atom. The van der Waals surface area contributed by atoms with Crippen LogP contribution in [0.2, 0.25) is 0 Å². The third-order valence-corrected chi connectivity index (χ3v) is 6.37. The standard InChI is InChI=1S/C24H30N2O3.ClH/c1-3-14-9-16-11-18(12-17(16)10-15(14)4-2)25-13-22(28)19-5-7-21(27)24-20(19)6-8-23(29)26-24;/h5,7,9-10,18,22,25,27-28H,3-4,6,8,11-13H2,1-2H3,(H,26,29);1H/t22-;/m0./s1. The summed E-state index contributed by atoms with van der Waals surface area (Å²) in [6.07, 6.45) is 4.34. The number of aryl methyl sites for hydroxylation is 2. The second-order valence-corrected chi connectivity index (χ2v) is 8.20. The number of benzene rings is 2. The number of anilines is 1. The molecule has 2 aromatic carbocycles. The minimum atomic E-state index is -0.680. The maximum Gasteiger partial charge on any atom is 0.224 e. The van der Waals surface area contributed by atoms with E-state index < -0.39 is 6.10 Å². The Morgan fingerprint density at radius 2 is 1.73 bits per heavy atom. The van der Waals surface area contributed by atoms with E-state index in [-0.39, 0.29) is 24.1 Å². The van der Waals surface area contributed by atoms with Crippen LogP contribution in [0.3, 0.4) is 0 Å². The largest absolute Gasteiger partial charge is 0.506 e. The van der Waals surface area contributed by atoms with E-state index in [1.54, 1.807) is 12.1 Å². The zero-order valence-electron chi connectivity index (χ0n) is 17.6. The van der Waals surface area contributed by atoms with Crippen LogP contribution in [0, 0.1) is 0 Å². The van der Waals surface area contributed by atoms with Crippen LogP contribution in [0.4, 0.5) is 5.69 Å². The summed E-state index contributed by atoms with van der Waals surface area (Å²) in [4.78, 5) is 11.7. The van der Waals surface area contributed by atoms with Crippen molar-refractivity contribution >= 4 is 24.0 Å². The Hall–Kier alpha value is -2.08. The summed E-state index contributed by atoms with van der Waals surface area (Å²) in [5, 5.41) is 27.1. The van der Waals surface area contributed by atoms with Crippen molar-refractivity contribution in [1.29, 1.82) is 0 Å². The van der Waals surface area contributed by atoms with E-state index in [9.17, 15) is 15.0 Å². The number of hydrogen-bond donors (Lipinski definition) is 4. The number of carbonyl (C=O) groups is 1. The summed E-state index contributed by atoms with van der Waals surface area (Å²) in [6.45, 7) is 4.87. The third-order valence-electron chi connectivity index (χ3n) is 6.37. The summed E-state index contributed by atoms with van der Waals surface area (Å²) in [5.41, 5.74) is 7.82. The van der Waals surface area contributed by atoms with Gasteiger partial charge in [-0.05, 0) is 71.6 Å². The van der Waals surface area contributed by atoms with Crippen molar-refractivity contribution in [2.75, 3.05) is 11.9 Å². The molecule has 1 aliphatic carbocycles. The average Bonchev–Trinajstić information content (AvgIpc) is 3.13. The number of phenolic OH excluding ortho intramolecular Hbond substituents is 1. The van der Waals surface area contributed by atoms with E-state index >= 15 is 0 Å². The van der Waals surface area contributed by atoms with Crippen molar-refractivity contribution in [3.8, 4) is 5.75 Å². The number of halogens is 1. The van der Waals surface area contributed by atoms with Crippen molar-refractivity contribution in [2.45, 2.75) is 64.5 Å². The van der Waals surface area contributed by atoms with Gasteiger partial charge >= 0.3 is 0 Å². The number of aliphatic hydroxyl groups excluding tert-OH is 1. The molecule has 4 N–H and O–H groups in total. The molecule has 0 bridgehead atoms. The molecule has 0 saturated carbocycles. The van der Waals surface area contributed by atoms with Gasteiger partial charge in [-0.15, -0.1) is 12.4 Å². The molecule has 6 heteroatoms. The number of carbonyl (C=O) groups excluding carboxylic acids is 1. The Balaban J connectivity index is 0.00000256. The SMILES string of the molecule is CCc1cc2c(cc1CC)CC(NC[C@H](O)c1ccc(O)c3c1CCC(=O)N3)C2.Cl. The number of nitrogens with one attached hydrogen (secondary N) is 2. The molecule has 4 rings (SSSR count). The highest BCUT2D eigenvalue weighted by atomic mass is 35.5.